The SMILES string of the molecule is C[C@H](NC(=O)CN1CCCC[C@@H]1Cn1cncn1)c1ccco1. The Hall–Kier alpha value is -2.15. The van der Waals surface area contributed by atoms with Gasteiger partial charge in [0.2, 0.25) is 5.91 Å². The topological polar surface area (TPSA) is 76.2 Å². The minimum Gasteiger partial charge on any atom is -0.467 e. The summed E-state index contributed by atoms with van der Waals surface area (Å²) in [5, 5.41) is 7.17. The van der Waals surface area contributed by atoms with Crippen LogP contribution >= 0.6 is 0 Å². The van der Waals surface area contributed by atoms with E-state index in [0.717, 1.165) is 31.7 Å². The van der Waals surface area contributed by atoms with Gasteiger partial charge in [-0.1, -0.05) is 6.42 Å². The highest BCUT2D eigenvalue weighted by atomic mass is 16.3. The smallest absolute Gasteiger partial charge is 0.234 e. The molecule has 1 N–H and O–H groups in total. The zero-order valence-electron chi connectivity index (χ0n) is 13.4. The molecule has 1 amide bonds. The fraction of sp³-hybridized carbons (Fsp3) is 0.562. The molecule has 0 spiro atoms. The summed E-state index contributed by atoms with van der Waals surface area (Å²) in [6, 6.07) is 3.92. The van der Waals surface area contributed by atoms with Gasteiger partial charge < -0.3 is 9.73 Å². The van der Waals surface area contributed by atoms with Gasteiger partial charge in [-0.05, 0) is 38.4 Å². The van der Waals surface area contributed by atoms with E-state index in [1.54, 1.807) is 18.9 Å². The number of carbonyl (C=O) groups is 1. The molecule has 3 rings (SSSR count). The molecule has 0 unspecified atom stereocenters. The van der Waals surface area contributed by atoms with Gasteiger partial charge >= 0.3 is 0 Å². The van der Waals surface area contributed by atoms with E-state index in [4.69, 9.17) is 4.42 Å². The highest BCUT2D eigenvalue weighted by Crippen LogP contribution is 2.18. The van der Waals surface area contributed by atoms with E-state index in [0.29, 0.717) is 12.6 Å². The molecule has 124 valence electrons. The fourth-order valence-electron chi connectivity index (χ4n) is 3.10. The van der Waals surface area contributed by atoms with Crippen molar-refractivity contribution in [1.82, 2.24) is 25.0 Å². The van der Waals surface area contributed by atoms with Crippen LogP contribution in [-0.4, -0.2) is 44.7 Å². The second kappa shape index (κ2) is 7.41. The van der Waals surface area contributed by atoms with E-state index in [9.17, 15) is 4.79 Å². The lowest BCUT2D eigenvalue weighted by atomic mass is 10.0. The average Bonchev–Trinajstić information content (AvgIpc) is 3.22. The molecule has 3 heterocycles. The maximum absolute atomic E-state index is 12.3. The van der Waals surface area contributed by atoms with Gasteiger partial charge in [-0.15, -0.1) is 0 Å². The molecule has 7 nitrogen and oxygen atoms in total. The number of nitrogens with one attached hydrogen (secondary N) is 1. The lowest BCUT2D eigenvalue weighted by molar-refractivity contribution is -0.124. The molecule has 0 bridgehead atoms. The van der Waals surface area contributed by atoms with Crippen LogP contribution in [-0.2, 0) is 11.3 Å². The van der Waals surface area contributed by atoms with Crippen LogP contribution in [0.1, 0.15) is 38.0 Å². The molecule has 1 saturated heterocycles. The standard InChI is InChI=1S/C16H23N5O2/c1-13(15-6-4-8-23-15)19-16(22)10-20-7-3-2-5-14(20)9-21-12-17-11-18-21/h4,6,8,11-14H,2-3,5,7,9-10H2,1H3,(H,19,22)/t13-,14+/m0/s1. The number of carbonyl (C=O) groups excluding carboxylic acids is 1. The summed E-state index contributed by atoms with van der Waals surface area (Å²) in [6.45, 7) is 4.06. The summed E-state index contributed by atoms with van der Waals surface area (Å²) in [6.07, 6.45) is 8.31. The summed E-state index contributed by atoms with van der Waals surface area (Å²) < 4.78 is 7.17. The van der Waals surface area contributed by atoms with Gasteiger partial charge in [0.1, 0.15) is 18.4 Å². The van der Waals surface area contributed by atoms with Crippen LogP contribution in [0, 0.1) is 0 Å². The first-order valence-corrected chi connectivity index (χ1v) is 8.11. The minimum atomic E-state index is -0.115. The van der Waals surface area contributed by atoms with E-state index in [1.165, 1.54) is 6.42 Å². The molecule has 0 radical (unpaired) electrons. The normalized spacial score (nSPS) is 20.3. The van der Waals surface area contributed by atoms with Crippen LogP contribution in [0.4, 0.5) is 0 Å². The Bertz CT molecular complexity index is 596. The van der Waals surface area contributed by atoms with Crippen molar-refractivity contribution < 1.29 is 9.21 Å². The molecule has 0 saturated carbocycles. The first-order valence-electron chi connectivity index (χ1n) is 8.11. The van der Waals surface area contributed by atoms with Crippen molar-refractivity contribution in [1.29, 1.82) is 0 Å². The number of piperidine rings is 1. The molecule has 1 aliphatic heterocycles. The first kappa shape index (κ1) is 15.7. The quantitative estimate of drug-likeness (QED) is 0.876. The zero-order valence-corrected chi connectivity index (χ0v) is 13.4. The highest BCUT2D eigenvalue weighted by Gasteiger charge is 2.25. The lowest BCUT2D eigenvalue weighted by Gasteiger charge is -2.35. The van der Waals surface area contributed by atoms with Crippen molar-refractivity contribution in [2.24, 2.45) is 0 Å². The minimum absolute atomic E-state index is 0.0272. The molecule has 1 aliphatic rings. The molecule has 7 heteroatoms. The number of likely N-dealkylation sites (tertiary alicyclic amines) is 1. The summed E-state index contributed by atoms with van der Waals surface area (Å²) in [5.41, 5.74) is 0. The highest BCUT2D eigenvalue weighted by molar-refractivity contribution is 5.78. The number of rotatable bonds is 6. The molecule has 0 aliphatic carbocycles. The van der Waals surface area contributed by atoms with Crippen molar-refractivity contribution >= 4 is 5.91 Å². The molecule has 1 fully saturated rings. The van der Waals surface area contributed by atoms with Gasteiger partial charge in [0.05, 0.1) is 25.4 Å². The van der Waals surface area contributed by atoms with E-state index in [-0.39, 0.29) is 11.9 Å². The number of nitrogens with zero attached hydrogens (tertiary/aromatic N) is 4. The van der Waals surface area contributed by atoms with Crippen LogP contribution in [0.3, 0.4) is 0 Å². The van der Waals surface area contributed by atoms with Gasteiger partial charge in [-0.3, -0.25) is 14.4 Å². The molecular formula is C16H23N5O2. The first-order chi connectivity index (χ1) is 11.2. The third kappa shape index (κ3) is 4.19. The Balaban J connectivity index is 1.54. The fourth-order valence-corrected chi connectivity index (χ4v) is 3.10. The summed E-state index contributed by atoms with van der Waals surface area (Å²) in [7, 11) is 0. The molecule has 2 aromatic heterocycles. The maximum atomic E-state index is 12.3. The van der Waals surface area contributed by atoms with Gasteiger partial charge in [0.15, 0.2) is 0 Å². The number of aromatic nitrogens is 3. The van der Waals surface area contributed by atoms with E-state index < -0.39 is 0 Å². The number of hydrogen-bond donors (Lipinski definition) is 1. The zero-order chi connectivity index (χ0) is 16.1. The maximum Gasteiger partial charge on any atom is 0.234 e. The predicted molar refractivity (Wildman–Crippen MR) is 84.5 cm³/mol. The second-order valence-electron chi connectivity index (χ2n) is 6.04. The Morgan fingerprint density at radius 1 is 1.52 bits per heavy atom. The van der Waals surface area contributed by atoms with E-state index in [2.05, 4.69) is 20.3 Å². The van der Waals surface area contributed by atoms with Crippen molar-refractivity contribution in [3.8, 4) is 0 Å². The monoisotopic (exact) mass is 317 g/mol. The molecule has 23 heavy (non-hydrogen) atoms. The lowest BCUT2D eigenvalue weighted by Crippen LogP contribution is -2.47. The van der Waals surface area contributed by atoms with Crippen molar-refractivity contribution in [3.05, 3.63) is 36.8 Å². The Labute approximate surface area is 135 Å². The van der Waals surface area contributed by atoms with Crippen molar-refractivity contribution in [2.75, 3.05) is 13.1 Å². The van der Waals surface area contributed by atoms with E-state index in [1.807, 2.05) is 23.7 Å². The van der Waals surface area contributed by atoms with Gasteiger partial charge in [-0.25, -0.2) is 4.98 Å². The van der Waals surface area contributed by atoms with Gasteiger partial charge in [-0.2, -0.15) is 5.10 Å². The number of furan rings is 1. The predicted octanol–water partition coefficient (Wildman–Crippen LogP) is 1.60. The summed E-state index contributed by atoms with van der Waals surface area (Å²) in [4.78, 5) is 18.6. The number of amides is 1. The van der Waals surface area contributed by atoms with Gasteiger partial charge in [0, 0.05) is 6.04 Å². The van der Waals surface area contributed by atoms with Crippen molar-refractivity contribution in [2.45, 2.75) is 44.8 Å². The number of hydrogen-bond acceptors (Lipinski definition) is 5. The average molecular weight is 317 g/mol. The Kier molecular flexibility index (Phi) is 5.07. The largest absolute Gasteiger partial charge is 0.467 e. The molecular weight excluding hydrogens is 294 g/mol. The van der Waals surface area contributed by atoms with E-state index >= 15 is 0 Å². The van der Waals surface area contributed by atoms with Crippen molar-refractivity contribution in [3.63, 3.8) is 0 Å². The Morgan fingerprint density at radius 2 is 2.43 bits per heavy atom. The van der Waals surface area contributed by atoms with Crippen LogP contribution in [0.2, 0.25) is 0 Å². The third-order valence-electron chi connectivity index (χ3n) is 4.31. The molecule has 2 aromatic rings. The second-order valence-corrected chi connectivity index (χ2v) is 6.04. The van der Waals surface area contributed by atoms with Crippen LogP contribution in [0.25, 0.3) is 0 Å². The van der Waals surface area contributed by atoms with Crippen LogP contribution < -0.4 is 5.32 Å². The Morgan fingerprint density at radius 3 is 3.17 bits per heavy atom. The van der Waals surface area contributed by atoms with Gasteiger partial charge in [0.25, 0.3) is 0 Å². The summed E-state index contributed by atoms with van der Waals surface area (Å²) in [5.74, 6) is 0.801. The third-order valence-corrected chi connectivity index (χ3v) is 4.31. The molecule has 2 atom stereocenters. The summed E-state index contributed by atoms with van der Waals surface area (Å²) >= 11 is 0. The van der Waals surface area contributed by atoms with Crippen LogP contribution in [0.15, 0.2) is 35.5 Å². The van der Waals surface area contributed by atoms with Crippen LogP contribution in [0.5, 0.6) is 0 Å². The molecule has 0 aromatic carbocycles.